The molecule has 0 spiro atoms. The Hall–Kier alpha value is 0.117. The highest BCUT2D eigenvalue weighted by atomic mass is 127. The van der Waals surface area contributed by atoms with Crippen LogP contribution in [-0.4, -0.2) is 22.4 Å². The van der Waals surface area contributed by atoms with Crippen molar-refractivity contribution in [3.05, 3.63) is 31.8 Å². The van der Waals surface area contributed by atoms with Gasteiger partial charge in [0.1, 0.15) is 0 Å². The highest BCUT2D eigenvalue weighted by Crippen LogP contribution is 2.20. The molecule has 0 aliphatic heterocycles. The normalized spacial score (nSPS) is 10.0. The molecule has 0 amide bonds. The number of carbonyl (C=O) groups is 1. The van der Waals surface area contributed by atoms with Crippen molar-refractivity contribution in [3.8, 4) is 0 Å². The van der Waals surface area contributed by atoms with E-state index in [1.807, 2.05) is 18.2 Å². The van der Waals surface area contributed by atoms with Crippen LogP contribution in [0.15, 0.2) is 22.7 Å². The van der Waals surface area contributed by atoms with Crippen molar-refractivity contribution in [2.24, 2.45) is 0 Å². The van der Waals surface area contributed by atoms with Crippen molar-refractivity contribution < 1.29 is 9.53 Å². The number of hydrogen-bond acceptors (Lipinski definition) is 2. The molecule has 0 bridgehead atoms. The Bertz CT molecular complexity index is 330. The average molecular weight is 371 g/mol. The first-order valence-electron chi connectivity index (χ1n) is 3.77. The summed E-state index contributed by atoms with van der Waals surface area (Å²) >= 11 is 5.47. The van der Waals surface area contributed by atoms with E-state index in [1.165, 1.54) is 0 Å². The van der Waals surface area contributed by atoms with Crippen LogP contribution in [0.25, 0.3) is 0 Å². The van der Waals surface area contributed by atoms with Gasteiger partial charge in [-0.1, -0.05) is 0 Å². The second kappa shape index (κ2) is 5.11. The summed E-state index contributed by atoms with van der Waals surface area (Å²) in [6.45, 7) is 0. The van der Waals surface area contributed by atoms with Crippen LogP contribution < -0.4 is 0 Å². The third kappa shape index (κ3) is 3.06. The standard InChI is InChI=1S/C8H8BrIO2Si/c9-7-2-1-5(10)3-6(7)8(11)12-4-13/h1-3H,4H2,13H3. The summed E-state index contributed by atoms with van der Waals surface area (Å²) in [5, 5.41) is 0. The third-order valence-corrected chi connectivity index (χ3v) is 3.07. The Balaban J connectivity index is 2.99. The van der Waals surface area contributed by atoms with E-state index in [9.17, 15) is 4.79 Å². The zero-order valence-corrected chi connectivity index (χ0v) is 12.8. The van der Waals surface area contributed by atoms with Gasteiger partial charge < -0.3 is 4.74 Å². The fourth-order valence-electron chi connectivity index (χ4n) is 0.863. The lowest BCUT2D eigenvalue weighted by Crippen LogP contribution is -2.07. The maximum Gasteiger partial charge on any atom is 0.338 e. The van der Waals surface area contributed by atoms with Crippen LogP contribution in [0.2, 0.25) is 0 Å². The Labute approximate surface area is 102 Å². The first-order chi connectivity index (χ1) is 6.15. The van der Waals surface area contributed by atoms with E-state index >= 15 is 0 Å². The topological polar surface area (TPSA) is 26.3 Å². The summed E-state index contributed by atoms with van der Waals surface area (Å²) in [5.74, 6) is -0.250. The van der Waals surface area contributed by atoms with Crippen LogP contribution in [0, 0.1) is 3.57 Å². The summed E-state index contributed by atoms with van der Waals surface area (Å²) in [6.07, 6.45) is 0.538. The molecule has 0 unspecified atom stereocenters. The number of halogens is 2. The molecule has 0 fully saturated rings. The molecule has 0 aliphatic rings. The fourth-order valence-corrected chi connectivity index (χ4v) is 2.02. The van der Waals surface area contributed by atoms with Crippen LogP contribution >= 0.6 is 38.5 Å². The van der Waals surface area contributed by atoms with E-state index in [2.05, 4.69) is 38.5 Å². The van der Waals surface area contributed by atoms with Gasteiger partial charge in [0.05, 0.1) is 22.0 Å². The average Bonchev–Trinajstić information content (AvgIpc) is 2.09. The Kier molecular flexibility index (Phi) is 4.40. The first kappa shape index (κ1) is 11.2. The largest absolute Gasteiger partial charge is 0.467 e. The van der Waals surface area contributed by atoms with Crippen LogP contribution in [-0.2, 0) is 4.74 Å². The molecule has 1 aromatic rings. The summed E-state index contributed by atoms with van der Waals surface area (Å²) in [7, 11) is 0.874. The van der Waals surface area contributed by atoms with E-state index in [-0.39, 0.29) is 5.97 Å². The molecular formula is C8H8BrIO2Si. The molecule has 0 saturated carbocycles. The monoisotopic (exact) mass is 370 g/mol. The predicted octanol–water partition coefficient (Wildman–Crippen LogP) is 1.53. The van der Waals surface area contributed by atoms with Gasteiger partial charge in [0.15, 0.2) is 0 Å². The van der Waals surface area contributed by atoms with Gasteiger partial charge in [-0.3, -0.25) is 0 Å². The van der Waals surface area contributed by atoms with Crippen molar-refractivity contribution in [3.63, 3.8) is 0 Å². The van der Waals surface area contributed by atoms with E-state index in [0.29, 0.717) is 11.8 Å². The minimum Gasteiger partial charge on any atom is -0.467 e. The Morgan fingerprint density at radius 2 is 2.31 bits per heavy atom. The van der Waals surface area contributed by atoms with E-state index < -0.39 is 0 Å². The predicted molar refractivity (Wildman–Crippen MR) is 67.1 cm³/mol. The highest BCUT2D eigenvalue weighted by molar-refractivity contribution is 14.1. The van der Waals surface area contributed by atoms with Gasteiger partial charge in [-0.15, -0.1) is 0 Å². The third-order valence-electron chi connectivity index (χ3n) is 1.42. The molecule has 1 aromatic carbocycles. The van der Waals surface area contributed by atoms with Gasteiger partial charge in [-0.2, -0.15) is 0 Å². The van der Waals surface area contributed by atoms with Crippen LogP contribution in [0.3, 0.4) is 0 Å². The smallest absolute Gasteiger partial charge is 0.338 e. The van der Waals surface area contributed by atoms with Gasteiger partial charge in [-0.05, 0) is 56.7 Å². The molecule has 0 atom stereocenters. The highest BCUT2D eigenvalue weighted by Gasteiger charge is 2.10. The zero-order valence-electron chi connectivity index (χ0n) is 7.01. The van der Waals surface area contributed by atoms with Gasteiger partial charge in [0, 0.05) is 8.04 Å². The number of rotatable bonds is 2. The van der Waals surface area contributed by atoms with Crippen LogP contribution in [0.1, 0.15) is 10.4 Å². The van der Waals surface area contributed by atoms with Crippen molar-refractivity contribution in [1.82, 2.24) is 0 Å². The second-order valence-electron chi connectivity index (χ2n) is 2.34. The molecule has 1 rings (SSSR count). The number of hydrogen-bond donors (Lipinski definition) is 0. The van der Waals surface area contributed by atoms with Crippen molar-refractivity contribution in [1.29, 1.82) is 0 Å². The lowest BCUT2D eigenvalue weighted by atomic mass is 10.2. The molecule has 0 aliphatic carbocycles. The summed E-state index contributed by atoms with van der Waals surface area (Å²) in [4.78, 5) is 11.4. The van der Waals surface area contributed by atoms with Crippen molar-refractivity contribution in [2.75, 3.05) is 6.23 Å². The quantitative estimate of drug-likeness (QED) is 0.448. The lowest BCUT2D eigenvalue weighted by molar-refractivity contribution is 0.0572. The van der Waals surface area contributed by atoms with Gasteiger partial charge >= 0.3 is 5.97 Å². The minimum absolute atomic E-state index is 0.250. The molecule has 5 heteroatoms. The lowest BCUT2D eigenvalue weighted by Gasteiger charge is -2.04. The van der Waals surface area contributed by atoms with E-state index in [0.717, 1.165) is 18.3 Å². The van der Waals surface area contributed by atoms with Gasteiger partial charge in [0.2, 0.25) is 0 Å². The van der Waals surface area contributed by atoms with E-state index in [4.69, 9.17) is 4.74 Å². The van der Waals surface area contributed by atoms with Gasteiger partial charge in [-0.25, -0.2) is 4.79 Å². The maximum absolute atomic E-state index is 11.4. The molecule has 0 aromatic heterocycles. The molecule has 2 nitrogen and oxygen atoms in total. The van der Waals surface area contributed by atoms with Gasteiger partial charge in [0.25, 0.3) is 0 Å². The molecule has 0 radical (unpaired) electrons. The Morgan fingerprint density at radius 3 is 2.92 bits per heavy atom. The molecule has 0 heterocycles. The summed E-state index contributed by atoms with van der Waals surface area (Å²) in [5.41, 5.74) is 0.600. The van der Waals surface area contributed by atoms with Crippen molar-refractivity contribution >= 4 is 54.7 Å². The summed E-state index contributed by atoms with van der Waals surface area (Å²) in [6, 6.07) is 5.60. The molecule has 0 saturated heterocycles. The Morgan fingerprint density at radius 1 is 1.62 bits per heavy atom. The van der Waals surface area contributed by atoms with Crippen LogP contribution in [0.4, 0.5) is 0 Å². The molecule has 0 N–H and O–H groups in total. The SMILES string of the molecule is O=C(OC[SiH3])c1cc(I)ccc1Br. The molecular weight excluding hydrogens is 363 g/mol. The summed E-state index contributed by atoms with van der Waals surface area (Å²) < 4.78 is 6.77. The minimum atomic E-state index is -0.250. The number of benzene rings is 1. The van der Waals surface area contributed by atoms with E-state index in [1.54, 1.807) is 0 Å². The number of ether oxygens (including phenoxy) is 1. The zero-order chi connectivity index (χ0) is 9.84. The second-order valence-corrected chi connectivity index (χ2v) is 5.02. The molecule has 13 heavy (non-hydrogen) atoms. The molecule has 70 valence electrons. The number of carbonyl (C=O) groups excluding carboxylic acids is 1. The van der Waals surface area contributed by atoms with Crippen LogP contribution in [0.5, 0.6) is 0 Å². The maximum atomic E-state index is 11.4. The number of esters is 1. The first-order valence-corrected chi connectivity index (χ1v) is 7.06. The fraction of sp³-hybridized carbons (Fsp3) is 0.125. The van der Waals surface area contributed by atoms with Crippen molar-refractivity contribution in [2.45, 2.75) is 0 Å².